The van der Waals surface area contributed by atoms with Gasteiger partial charge in [0.1, 0.15) is 0 Å². The number of rotatable bonds is 7. The summed E-state index contributed by atoms with van der Waals surface area (Å²) in [6.45, 7) is 9.44. The molecule has 0 aliphatic carbocycles. The van der Waals surface area contributed by atoms with E-state index in [0.29, 0.717) is 0 Å². The third kappa shape index (κ3) is 5.77. The van der Waals surface area contributed by atoms with E-state index in [1.54, 1.807) is 0 Å². The van der Waals surface area contributed by atoms with Gasteiger partial charge in [0.05, 0.1) is 33.4 Å². The first-order valence-corrected chi connectivity index (χ1v) is 24.5. The van der Waals surface area contributed by atoms with Gasteiger partial charge in [0, 0.05) is 66.5 Å². The van der Waals surface area contributed by atoms with Crippen molar-refractivity contribution in [2.75, 3.05) is 9.80 Å². The van der Waals surface area contributed by atoms with Crippen LogP contribution in [0.1, 0.15) is 49.9 Å². The molecule has 0 fully saturated rings. The Morgan fingerprint density at radius 2 is 0.629 bits per heavy atom. The maximum atomic E-state index is 2.49. The molecular formula is C66H50N4. The molecule has 2 aromatic heterocycles. The molecule has 4 heterocycles. The fourth-order valence-corrected chi connectivity index (χ4v) is 12.2. The zero-order valence-electron chi connectivity index (χ0n) is 39.7. The Kier molecular flexibility index (Phi) is 8.64. The van der Waals surface area contributed by atoms with Crippen molar-refractivity contribution in [3.05, 3.63) is 253 Å². The minimum Gasteiger partial charge on any atom is -0.310 e. The number of hydrogen-bond donors (Lipinski definition) is 0. The van der Waals surface area contributed by atoms with Crippen LogP contribution >= 0.6 is 0 Å². The molecule has 334 valence electrons. The van der Waals surface area contributed by atoms with Gasteiger partial charge in [-0.1, -0.05) is 161 Å². The molecular weight excluding hydrogens is 849 g/mol. The SMILES string of the molecule is CC1(C)c2ccccc2-n2c3ccc(N(c4ccccc4)c4ccc(-c5ccc(N(c6ccccc6)c6ccc7c(c6)c6cccc8c6n7-c6ccccc6C8(C)C)cc5)cc4)cc3c3cccc1c32. The molecule has 0 saturated carbocycles. The molecule has 0 radical (unpaired) electrons. The number of benzene rings is 10. The van der Waals surface area contributed by atoms with Gasteiger partial charge >= 0.3 is 0 Å². The van der Waals surface area contributed by atoms with Crippen LogP contribution in [0.4, 0.5) is 34.1 Å². The third-order valence-corrected chi connectivity index (χ3v) is 15.7. The highest BCUT2D eigenvalue weighted by molar-refractivity contribution is 6.14. The number of aromatic nitrogens is 2. The van der Waals surface area contributed by atoms with E-state index in [-0.39, 0.29) is 10.8 Å². The van der Waals surface area contributed by atoms with Gasteiger partial charge in [-0.05, 0) is 130 Å². The number of hydrogen-bond acceptors (Lipinski definition) is 2. The molecule has 0 atom stereocenters. The second-order valence-electron chi connectivity index (χ2n) is 20.2. The maximum Gasteiger partial charge on any atom is 0.0582 e. The summed E-state index contributed by atoms with van der Waals surface area (Å²) >= 11 is 0. The first-order valence-electron chi connectivity index (χ1n) is 24.5. The van der Waals surface area contributed by atoms with Crippen LogP contribution < -0.4 is 9.80 Å². The summed E-state index contributed by atoms with van der Waals surface area (Å²) in [6, 6.07) is 85.1. The summed E-state index contributed by atoms with van der Waals surface area (Å²) < 4.78 is 4.98. The fraction of sp³-hybridized carbons (Fsp3) is 0.0909. The van der Waals surface area contributed by atoms with E-state index in [9.17, 15) is 0 Å². The van der Waals surface area contributed by atoms with Crippen LogP contribution in [0, 0.1) is 0 Å². The van der Waals surface area contributed by atoms with Gasteiger partial charge < -0.3 is 18.9 Å². The quantitative estimate of drug-likeness (QED) is 0.158. The standard InChI is InChI=1S/C66H50N4/c1-65(2)55-23-11-13-27-61(55)69-59-39-37-49(41-53(59)51-21-15-25-57(65)63(51)69)67(45-17-7-5-8-18-45)47-33-29-43(30-34-47)44-31-35-48(36-32-44)68(46-19-9-6-10-20-46)50-38-40-60-54(42-50)52-22-16-26-58-64(52)70(60)62-28-14-12-24-56(62)66(58,3)4/h5-42H,1-4H3. The smallest absolute Gasteiger partial charge is 0.0582 e. The molecule has 4 nitrogen and oxygen atoms in total. The van der Waals surface area contributed by atoms with Crippen molar-refractivity contribution in [3.8, 4) is 22.5 Å². The van der Waals surface area contributed by atoms with Gasteiger partial charge in [-0.25, -0.2) is 0 Å². The molecule has 0 saturated heterocycles. The lowest BCUT2D eigenvalue weighted by atomic mass is 9.75. The van der Waals surface area contributed by atoms with Gasteiger partial charge in [0.2, 0.25) is 0 Å². The van der Waals surface area contributed by atoms with Crippen LogP contribution in [0.3, 0.4) is 0 Å². The summed E-state index contributed by atoms with van der Waals surface area (Å²) in [6.07, 6.45) is 0. The van der Waals surface area contributed by atoms with E-state index < -0.39 is 0 Å². The number of nitrogens with zero attached hydrogens (tertiary/aromatic N) is 4. The van der Waals surface area contributed by atoms with Crippen molar-refractivity contribution in [3.63, 3.8) is 0 Å². The highest BCUT2D eigenvalue weighted by Gasteiger charge is 2.36. The van der Waals surface area contributed by atoms with Crippen molar-refractivity contribution < 1.29 is 0 Å². The summed E-state index contributed by atoms with van der Waals surface area (Å²) in [7, 11) is 0. The zero-order valence-corrected chi connectivity index (χ0v) is 39.7. The highest BCUT2D eigenvalue weighted by Crippen LogP contribution is 2.51. The van der Waals surface area contributed by atoms with Crippen LogP contribution in [-0.2, 0) is 10.8 Å². The van der Waals surface area contributed by atoms with Crippen molar-refractivity contribution in [2.45, 2.75) is 38.5 Å². The maximum absolute atomic E-state index is 2.49. The van der Waals surface area contributed by atoms with Gasteiger partial charge in [-0.15, -0.1) is 0 Å². The van der Waals surface area contributed by atoms with Crippen LogP contribution in [0.25, 0.3) is 66.1 Å². The lowest BCUT2D eigenvalue weighted by molar-refractivity contribution is 0.630. The molecule has 70 heavy (non-hydrogen) atoms. The van der Waals surface area contributed by atoms with E-state index in [1.807, 2.05) is 0 Å². The van der Waals surface area contributed by atoms with Gasteiger partial charge in [0.15, 0.2) is 0 Å². The normalized spacial score (nSPS) is 13.9. The lowest BCUT2D eigenvalue weighted by Gasteiger charge is -2.34. The molecule has 14 rings (SSSR count). The predicted octanol–water partition coefficient (Wildman–Crippen LogP) is 17.8. The largest absolute Gasteiger partial charge is 0.310 e. The second kappa shape index (κ2) is 14.9. The minimum atomic E-state index is -0.108. The molecule has 12 aromatic rings. The molecule has 0 amide bonds. The first kappa shape index (κ1) is 40.5. The number of fused-ring (bicyclic) bond motifs is 10. The van der Waals surface area contributed by atoms with Crippen molar-refractivity contribution in [1.82, 2.24) is 9.13 Å². The van der Waals surface area contributed by atoms with E-state index in [4.69, 9.17) is 0 Å². The molecule has 0 N–H and O–H groups in total. The Labute approximate surface area is 408 Å². The zero-order chi connectivity index (χ0) is 46.9. The van der Waals surface area contributed by atoms with Gasteiger partial charge in [-0.2, -0.15) is 0 Å². The molecule has 0 bridgehead atoms. The van der Waals surface area contributed by atoms with Crippen molar-refractivity contribution in [1.29, 1.82) is 0 Å². The Hall–Kier alpha value is -8.60. The predicted molar refractivity (Wildman–Crippen MR) is 294 cm³/mol. The number of anilines is 6. The van der Waals surface area contributed by atoms with Crippen LogP contribution in [-0.4, -0.2) is 9.13 Å². The van der Waals surface area contributed by atoms with Crippen molar-refractivity contribution >= 4 is 77.7 Å². The third-order valence-electron chi connectivity index (χ3n) is 15.7. The molecule has 0 spiro atoms. The monoisotopic (exact) mass is 898 g/mol. The first-order chi connectivity index (χ1) is 34.3. The average molecular weight is 899 g/mol. The lowest BCUT2D eigenvalue weighted by Crippen LogP contribution is -2.26. The topological polar surface area (TPSA) is 16.3 Å². The van der Waals surface area contributed by atoms with Gasteiger partial charge in [0.25, 0.3) is 0 Å². The Bertz CT molecular complexity index is 3780. The summed E-state index contributed by atoms with van der Waals surface area (Å²) in [5, 5.41) is 5.08. The molecule has 4 heteroatoms. The Morgan fingerprint density at radius 3 is 1.04 bits per heavy atom. The molecule has 2 aliphatic heterocycles. The number of para-hydroxylation sites is 6. The van der Waals surface area contributed by atoms with E-state index in [0.717, 1.165) is 34.1 Å². The van der Waals surface area contributed by atoms with Crippen LogP contribution in [0.2, 0.25) is 0 Å². The fourth-order valence-electron chi connectivity index (χ4n) is 12.2. The van der Waals surface area contributed by atoms with Crippen LogP contribution in [0.15, 0.2) is 231 Å². The van der Waals surface area contributed by atoms with E-state index in [2.05, 4.69) is 277 Å². The summed E-state index contributed by atoms with van der Waals surface area (Å²) in [5.74, 6) is 0. The Balaban J connectivity index is 0.833. The summed E-state index contributed by atoms with van der Waals surface area (Å²) in [5.41, 5.74) is 21.8. The van der Waals surface area contributed by atoms with E-state index >= 15 is 0 Å². The average Bonchev–Trinajstić information content (AvgIpc) is 3.92. The van der Waals surface area contributed by atoms with E-state index in [1.165, 1.54) is 88.4 Å². The Morgan fingerprint density at radius 1 is 0.286 bits per heavy atom. The molecule has 0 unspecified atom stereocenters. The highest BCUT2D eigenvalue weighted by atomic mass is 15.1. The van der Waals surface area contributed by atoms with Crippen molar-refractivity contribution in [2.24, 2.45) is 0 Å². The minimum absolute atomic E-state index is 0.108. The molecule has 10 aromatic carbocycles. The van der Waals surface area contributed by atoms with Crippen LogP contribution in [0.5, 0.6) is 0 Å². The second-order valence-corrected chi connectivity index (χ2v) is 20.2. The van der Waals surface area contributed by atoms with Gasteiger partial charge in [-0.3, -0.25) is 0 Å². The summed E-state index contributed by atoms with van der Waals surface area (Å²) in [4.78, 5) is 4.77. The molecule has 2 aliphatic rings.